The van der Waals surface area contributed by atoms with Gasteiger partial charge in [0.05, 0.1) is 37.0 Å². The highest BCUT2D eigenvalue weighted by molar-refractivity contribution is 6.33. The van der Waals surface area contributed by atoms with Crippen LogP contribution in [0.4, 0.5) is 10.1 Å². The number of halogens is 2. The van der Waals surface area contributed by atoms with Crippen LogP contribution in [0, 0.1) is 5.82 Å². The second-order valence-electron chi connectivity index (χ2n) is 5.06. The molecule has 0 fully saturated rings. The zero-order valence-corrected chi connectivity index (χ0v) is 14.3. The van der Waals surface area contributed by atoms with E-state index in [2.05, 4.69) is 15.5 Å². The van der Waals surface area contributed by atoms with Gasteiger partial charge in [0.2, 0.25) is 11.7 Å². The number of anilines is 1. The molecule has 0 radical (unpaired) electrons. The van der Waals surface area contributed by atoms with Crippen LogP contribution in [0.1, 0.15) is 5.89 Å². The smallest absolute Gasteiger partial charge is 0.246 e. The molecule has 3 rings (SSSR count). The zero-order chi connectivity index (χ0) is 17.8. The minimum absolute atomic E-state index is 0.247. The maximum Gasteiger partial charge on any atom is 0.246 e. The van der Waals surface area contributed by atoms with Crippen LogP contribution in [0.3, 0.4) is 0 Å². The van der Waals surface area contributed by atoms with Crippen LogP contribution >= 0.6 is 11.6 Å². The molecular weight excluding hydrogens is 349 g/mol. The van der Waals surface area contributed by atoms with E-state index in [1.807, 2.05) is 0 Å². The van der Waals surface area contributed by atoms with Crippen molar-refractivity contribution in [2.24, 2.45) is 0 Å². The fraction of sp³-hybridized carbons (Fsp3) is 0.176. The average molecular weight is 364 g/mol. The normalized spacial score (nSPS) is 10.6. The Morgan fingerprint density at radius 2 is 2.00 bits per heavy atom. The predicted molar refractivity (Wildman–Crippen MR) is 91.6 cm³/mol. The summed E-state index contributed by atoms with van der Waals surface area (Å²) in [6.45, 7) is 0.247. The maximum absolute atomic E-state index is 13.1. The van der Waals surface area contributed by atoms with Crippen molar-refractivity contribution in [3.8, 4) is 22.9 Å². The summed E-state index contributed by atoms with van der Waals surface area (Å²) in [5.41, 5.74) is 1.25. The van der Waals surface area contributed by atoms with Gasteiger partial charge in [-0.15, -0.1) is 0 Å². The lowest BCUT2D eigenvalue weighted by Crippen LogP contribution is -2.00. The molecule has 8 heteroatoms. The van der Waals surface area contributed by atoms with Crippen molar-refractivity contribution < 1.29 is 18.4 Å². The van der Waals surface area contributed by atoms with Gasteiger partial charge in [0, 0.05) is 6.07 Å². The van der Waals surface area contributed by atoms with Crippen molar-refractivity contribution in [1.82, 2.24) is 10.1 Å². The quantitative estimate of drug-likeness (QED) is 0.709. The number of aromatic nitrogens is 2. The van der Waals surface area contributed by atoms with Gasteiger partial charge < -0.3 is 19.3 Å². The summed E-state index contributed by atoms with van der Waals surface area (Å²) >= 11 is 5.97. The van der Waals surface area contributed by atoms with E-state index in [-0.39, 0.29) is 11.6 Å². The second kappa shape index (κ2) is 7.40. The number of nitrogens with zero attached hydrogens (tertiary/aromatic N) is 2. The van der Waals surface area contributed by atoms with Crippen LogP contribution in [0.5, 0.6) is 11.5 Å². The van der Waals surface area contributed by atoms with Gasteiger partial charge in [-0.2, -0.15) is 4.98 Å². The molecule has 25 heavy (non-hydrogen) atoms. The van der Waals surface area contributed by atoms with Crippen LogP contribution in [0.15, 0.2) is 40.9 Å². The number of methoxy groups -OCH3 is 2. The molecule has 0 spiro atoms. The maximum atomic E-state index is 13.1. The number of hydrogen-bond acceptors (Lipinski definition) is 6. The van der Waals surface area contributed by atoms with Crippen LogP contribution in [-0.4, -0.2) is 24.4 Å². The molecule has 130 valence electrons. The third-order valence-electron chi connectivity index (χ3n) is 3.48. The first kappa shape index (κ1) is 17.0. The van der Waals surface area contributed by atoms with E-state index in [1.54, 1.807) is 38.5 Å². The molecule has 2 aromatic carbocycles. The summed E-state index contributed by atoms with van der Waals surface area (Å²) in [6, 6.07) is 9.39. The van der Waals surface area contributed by atoms with Gasteiger partial charge in [-0.3, -0.25) is 0 Å². The van der Waals surface area contributed by atoms with Gasteiger partial charge in [-0.25, -0.2) is 4.39 Å². The Kier molecular flexibility index (Phi) is 5.04. The summed E-state index contributed by atoms with van der Waals surface area (Å²) in [5, 5.41) is 7.26. The van der Waals surface area contributed by atoms with Gasteiger partial charge in [-0.05, 0) is 30.3 Å². The van der Waals surface area contributed by atoms with Crippen molar-refractivity contribution in [3.05, 3.63) is 53.1 Å². The minimum atomic E-state index is -0.401. The molecule has 0 atom stereocenters. The van der Waals surface area contributed by atoms with E-state index in [0.29, 0.717) is 34.5 Å². The minimum Gasteiger partial charge on any atom is -0.497 e. The van der Waals surface area contributed by atoms with E-state index in [0.717, 1.165) is 0 Å². The van der Waals surface area contributed by atoms with Gasteiger partial charge in [0.15, 0.2) is 0 Å². The largest absolute Gasteiger partial charge is 0.497 e. The molecule has 0 bridgehead atoms. The van der Waals surface area contributed by atoms with E-state index in [9.17, 15) is 4.39 Å². The highest BCUT2D eigenvalue weighted by Crippen LogP contribution is 2.31. The predicted octanol–water partition coefficient (Wildman–Crippen LogP) is 4.16. The van der Waals surface area contributed by atoms with Gasteiger partial charge in [0.25, 0.3) is 0 Å². The third kappa shape index (κ3) is 3.83. The Labute approximate surface area is 148 Å². The topological polar surface area (TPSA) is 69.4 Å². The highest BCUT2D eigenvalue weighted by Gasteiger charge is 2.14. The van der Waals surface area contributed by atoms with Gasteiger partial charge in [-0.1, -0.05) is 16.8 Å². The van der Waals surface area contributed by atoms with E-state index < -0.39 is 5.82 Å². The lowest BCUT2D eigenvalue weighted by atomic mass is 10.2. The molecule has 0 amide bonds. The zero-order valence-electron chi connectivity index (χ0n) is 13.5. The fourth-order valence-electron chi connectivity index (χ4n) is 2.22. The van der Waals surface area contributed by atoms with E-state index in [1.165, 1.54) is 12.1 Å². The SMILES string of the molecule is COc1ccc(-c2noc(CNc3ccc(F)cc3Cl)n2)c(OC)c1. The Balaban J connectivity index is 1.76. The molecular formula is C17H15ClFN3O3. The van der Waals surface area contributed by atoms with Crippen molar-refractivity contribution >= 4 is 17.3 Å². The average Bonchev–Trinajstić information content (AvgIpc) is 3.09. The number of benzene rings is 2. The molecule has 0 aliphatic rings. The van der Waals surface area contributed by atoms with Crippen molar-refractivity contribution in [2.75, 3.05) is 19.5 Å². The Hall–Kier alpha value is -2.80. The van der Waals surface area contributed by atoms with Crippen LogP contribution < -0.4 is 14.8 Å². The molecule has 0 aliphatic carbocycles. The number of rotatable bonds is 6. The Bertz CT molecular complexity index is 885. The van der Waals surface area contributed by atoms with Gasteiger partial charge >= 0.3 is 0 Å². The molecule has 0 saturated heterocycles. The number of nitrogens with one attached hydrogen (secondary N) is 1. The first-order valence-electron chi connectivity index (χ1n) is 7.34. The monoisotopic (exact) mass is 363 g/mol. The van der Waals surface area contributed by atoms with Crippen molar-refractivity contribution in [2.45, 2.75) is 6.54 Å². The molecule has 0 unspecified atom stereocenters. The number of hydrogen-bond donors (Lipinski definition) is 1. The van der Waals surface area contributed by atoms with E-state index >= 15 is 0 Å². The van der Waals surface area contributed by atoms with Crippen LogP contribution in [0.25, 0.3) is 11.4 Å². The summed E-state index contributed by atoms with van der Waals surface area (Å²) in [7, 11) is 3.13. The Morgan fingerprint density at radius 1 is 1.16 bits per heavy atom. The Morgan fingerprint density at radius 3 is 2.72 bits per heavy atom. The lowest BCUT2D eigenvalue weighted by Gasteiger charge is -2.07. The van der Waals surface area contributed by atoms with Crippen LogP contribution in [0.2, 0.25) is 5.02 Å². The first-order chi connectivity index (χ1) is 12.1. The highest BCUT2D eigenvalue weighted by atomic mass is 35.5. The fourth-order valence-corrected chi connectivity index (χ4v) is 2.46. The van der Waals surface area contributed by atoms with E-state index in [4.69, 9.17) is 25.6 Å². The van der Waals surface area contributed by atoms with Gasteiger partial charge in [0.1, 0.15) is 17.3 Å². The third-order valence-corrected chi connectivity index (χ3v) is 3.79. The lowest BCUT2D eigenvalue weighted by molar-refractivity contribution is 0.382. The second-order valence-corrected chi connectivity index (χ2v) is 5.46. The molecule has 1 aromatic heterocycles. The van der Waals surface area contributed by atoms with Crippen LogP contribution in [-0.2, 0) is 6.54 Å². The summed E-state index contributed by atoms with van der Waals surface area (Å²) in [4.78, 5) is 4.33. The molecule has 1 heterocycles. The summed E-state index contributed by atoms with van der Waals surface area (Å²) < 4.78 is 28.8. The van der Waals surface area contributed by atoms with Crippen molar-refractivity contribution in [3.63, 3.8) is 0 Å². The molecule has 6 nitrogen and oxygen atoms in total. The molecule has 3 aromatic rings. The standard InChI is InChI=1S/C17H15ClFN3O3/c1-23-11-4-5-12(15(8-11)24-2)17-21-16(25-22-17)9-20-14-6-3-10(19)7-13(14)18/h3-8,20H,9H2,1-2H3. The van der Waals surface area contributed by atoms with Crippen molar-refractivity contribution in [1.29, 1.82) is 0 Å². The number of ether oxygens (including phenoxy) is 2. The summed E-state index contributed by atoms with van der Waals surface area (Å²) in [6.07, 6.45) is 0. The molecule has 1 N–H and O–H groups in total. The summed E-state index contributed by atoms with van der Waals surface area (Å²) in [5.74, 6) is 1.58. The molecule has 0 aliphatic heterocycles. The first-order valence-corrected chi connectivity index (χ1v) is 7.72. The molecule has 0 saturated carbocycles.